The summed E-state index contributed by atoms with van der Waals surface area (Å²) in [4.78, 5) is 0. The van der Waals surface area contributed by atoms with Gasteiger partial charge in [0, 0.05) is 10.9 Å². The van der Waals surface area contributed by atoms with E-state index in [1.54, 1.807) is 34.9 Å². The maximum absolute atomic E-state index is 5.14. The predicted molar refractivity (Wildman–Crippen MR) is 61.3 cm³/mol. The number of thioether (sulfide) groups is 2. The molecule has 0 saturated carbocycles. The summed E-state index contributed by atoms with van der Waals surface area (Å²) in [5, 5.41) is 2.12. The molecular weight excluding hydrogens is 212 g/mol. The number of thiophene rings is 1. The standard InChI is InChI=1S/C7H8S4/c1-9-6-3-5(4-11-6)7(8)10-2/h3-4H,1-2H3. The molecule has 0 atom stereocenters. The van der Waals surface area contributed by atoms with E-state index in [9.17, 15) is 0 Å². The zero-order valence-corrected chi connectivity index (χ0v) is 9.55. The third-order valence-corrected chi connectivity index (χ3v) is 4.57. The Morgan fingerprint density at radius 3 is 2.73 bits per heavy atom. The zero-order chi connectivity index (χ0) is 8.27. The topological polar surface area (TPSA) is 0 Å². The Morgan fingerprint density at radius 2 is 2.27 bits per heavy atom. The van der Waals surface area contributed by atoms with Gasteiger partial charge in [-0.1, -0.05) is 12.2 Å². The van der Waals surface area contributed by atoms with Crippen molar-refractivity contribution in [3.05, 3.63) is 17.0 Å². The third-order valence-electron chi connectivity index (χ3n) is 1.20. The van der Waals surface area contributed by atoms with Crippen molar-refractivity contribution in [3.63, 3.8) is 0 Å². The van der Waals surface area contributed by atoms with E-state index >= 15 is 0 Å². The predicted octanol–water partition coefficient (Wildman–Crippen LogP) is 3.51. The van der Waals surface area contributed by atoms with E-state index in [1.165, 1.54) is 9.77 Å². The van der Waals surface area contributed by atoms with Gasteiger partial charge in [0.2, 0.25) is 0 Å². The normalized spacial score (nSPS) is 10.0. The minimum Gasteiger partial charge on any atom is -0.137 e. The van der Waals surface area contributed by atoms with Crippen LogP contribution in [0.4, 0.5) is 0 Å². The monoisotopic (exact) mass is 220 g/mol. The molecule has 0 nitrogen and oxygen atoms in total. The van der Waals surface area contributed by atoms with Crippen molar-refractivity contribution >= 4 is 51.3 Å². The van der Waals surface area contributed by atoms with E-state index in [2.05, 4.69) is 17.7 Å². The molecule has 1 aromatic rings. The lowest BCUT2D eigenvalue weighted by Gasteiger charge is -1.91. The SMILES string of the molecule is CSC(=S)c1csc(SC)c1. The maximum Gasteiger partial charge on any atom is 0.0784 e. The molecule has 0 saturated heterocycles. The van der Waals surface area contributed by atoms with E-state index in [0.29, 0.717) is 0 Å². The van der Waals surface area contributed by atoms with Crippen molar-refractivity contribution in [3.8, 4) is 0 Å². The fourth-order valence-electron chi connectivity index (χ4n) is 0.648. The highest BCUT2D eigenvalue weighted by atomic mass is 32.2. The van der Waals surface area contributed by atoms with Gasteiger partial charge >= 0.3 is 0 Å². The van der Waals surface area contributed by atoms with Gasteiger partial charge in [-0.3, -0.25) is 0 Å². The molecule has 4 heteroatoms. The van der Waals surface area contributed by atoms with E-state index in [-0.39, 0.29) is 0 Å². The summed E-state index contributed by atoms with van der Waals surface area (Å²) < 4.78 is 2.32. The maximum atomic E-state index is 5.14. The lowest BCUT2D eigenvalue weighted by Crippen LogP contribution is -1.84. The highest BCUT2D eigenvalue weighted by Crippen LogP contribution is 2.26. The molecule has 0 unspecified atom stereocenters. The summed E-state index contributed by atoms with van der Waals surface area (Å²) in [5.41, 5.74) is 1.20. The van der Waals surface area contributed by atoms with Crippen LogP contribution in [0.5, 0.6) is 0 Å². The first-order chi connectivity index (χ1) is 5.27. The van der Waals surface area contributed by atoms with E-state index < -0.39 is 0 Å². The molecule has 1 aromatic heterocycles. The van der Waals surface area contributed by atoms with Crippen molar-refractivity contribution in [2.45, 2.75) is 4.21 Å². The molecule has 0 radical (unpaired) electrons. The van der Waals surface area contributed by atoms with Gasteiger partial charge in [0.25, 0.3) is 0 Å². The Morgan fingerprint density at radius 1 is 1.55 bits per heavy atom. The second kappa shape index (κ2) is 4.50. The Labute approximate surface area is 84.8 Å². The van der Waals surface area contributed by atoms with Crippen molar-refractivity contribution in [1.82, 2.24) is 0 Å². The van der Waals surface area contributed by atoms with Gasteiger partial charge in [-0.25, -0.2) is 0 Å². The van der Waals surface area contributed by atoms with Crippen LogP contribution in [0.3, 0.4) is 0 Å². The summed E-state index contributed by atoms with van der Waals surface area (Å²) >= 11 is 10.3. The van der Waals surface area contributed by atoms with Crippen LogP contribution < -0.4 is 0 Å². The smallest absolute Gasteiger partial charge is 0.0784 e. The second-order valence-corrected chi connectivity index (χ2v) is 5.35. The van der Waals surface area contributed by atoms with Crippen LogP contribution in [0.1, 0.15) is 5.56 Å². The molecular formula is C7H8S4. The van der Waals surface area contributed by atoms with Crippen molar-refractivity contribution in [2.24, 2.45) is 0 Å². The summed E-state index contributed by atoms with van der Waals surface area (Å²) in [7, 11) is 0. The van der Waals surface area contributed by atoms with Gasteiger partial charge < -0.3 is 0 Å². The van der Waals surface area contributed by atoms with Gasteiger partial charge in [0.1, 0.15) is 0 Å². The van der Waals surface area contributed by atoms with Crippen LogP contribution in [-0.4, -0.2) is 16.7 Å². The number of hydrogen-bond donors (Lipinski definition) is 0. The van der Waals surface area contributed by atoms with E-state index in [1.807, 2.05) is 6.26 Å². The van der Waals surface area contributed by atoms with Gasteiger partial charge in [-0.05, 0) is 18.6 Å². The van der Waals surface area contributed by atoms with Gasteiger partial charge in [-0.15, -0.1) is 34.9 Å². The van der Waals surface area contributed by atoms with Gasteiger partial charge in [0.05, 0.1) is 8.41 Å². The van der Waals surface area contributed by atoms with E-state index in [4.69, 9.17) is 12.2 Å². The first-order valence-corrected chi connectivity index (χ1v) is 6.72. The Balaban J connectivity index is 2.80. The molecule has 0 aromatic carbocycles. The first-order valence-electron chi connectivity index (χ1n) is 2.98. The van der Waals surface area contributed by atoms with Crippen LogP contribution >= 0.6 is 47.1 Å². The molecule has 1 heterocycles. The lowest BCUT2D eigenvalue weighted by atomic mass is 10.4. The lowest BCUT2D eigenvalue weighted by molar-refractivity contribution is 1.72. The molecule has 0 aliphatic carbocycles. The summed E-state index contributed by atoms with van der Waals surface area (Å²) in [6.45, 7) is 0. The average Bonchev–Trinajstić information content (AvgIpc) is 2.50. The summed E-state index contributed by atoms with van der Waals surface area (Å²) in [6.07, 6.45) is 4.09. The first kappa shape index (κ1) is 9.58. The summed E-state index contributed by atoms with van der Waals surface area (Å²) in [6, 6.07) is 2.15. The van der Waals surface area contributed by atoms with Crippen LogP contribution in [0.25, 0.3) is 0 Å². The Bertz CT molecular complexity index is 251. The third kappa shape index (κ3) is 2.47. The summed E-state index contributed by atoms with van der Waals surface area (Å²) in [5.74, 6) is 0. The molecule has 1 rings (SSSR count). The fraction of sp³-hybridized carbons (Fsp3) is 0.286. The zero-order valence-electron chi connectivity index (χ0n) is 6.29. The molecule has 0 aliphatic rings. The van der Waals surface area contributed by atoms with Crippen molar-refractivity contribution < 1.29 is 0 Å². The van der Waals surface area contributed by atoms with Crippen molar-refractivity contribution in [2.75, 3.05) is 12.5 Å². The number of thiocarbonyl (C=S) groups is 1. The molecule has 0 amide bonds. The fourth-order valence-corrected chi connectivity index (χ4v) is 2.67. The Kier molecular flexibility index (Phi) is 3.92. The minimum atomic E-state index is 0.988. The highest BCUT2D eigenvalue weighted by Gasteiger charge is 2.02. The minimum absolute atomic E-state index is 0.988. The second-order valence-electron chi connectivity index (χ2n) is 1.85. The molecule has 11 heavy (non-hydrogen) atoms. The van der Waals surface area contributed by atoms with Crippen LogP contribution in [0.15, 0.2) is 15.7 Å². The molecule has 0 aliphatic heterocycles. The van der Waals surface area contributed by atoms with Gasteiger partial charge in [-0.2, -0.15) is 0 Å². The number of hydrogen-bond acceptors (Lipinski definition) is 4. The van der Waals surface area contributed by atoms with Gasteiger partial charge in [0.15, 0.2) is 0 Å². The molecule has 60 valence electrons. The van der Waals surface area contributed by atoms with Crippen molar-refractivity contribution in [1.29, 1.82) is 0 Å². The van der Waals surface area contributed by atoms with Crippen LogP contribution in [0.2, 0.25) is 0 Å². The molecule has 0 fully saturated rings. The van der Waals surface area contributed by atoms with E-state index in [0.717, 1.165) is 4.20 Å². The quantitative estimate of drug-likeness (QED) is 0.553. The van der Waals surface area contributed by atoms with Crippen LogP contribution in [-0.2, 0) is 0 Å². The van der Waals surface area contributed by atoms with Crippen LogP contribution in [0, 0.1) is 0 Å². The average molecular weight is 220 g/mol. The Hall–Kier alpha value is 0.490. The largest absolute Gasteiger partial charge is 0.137 e. The number of rotatable bonds is 2. The molecule has 0 N–H and O–H groups in total. The molecule has 0 spiro atoms. The molecule has 0 bridgehead atoms. The highest BCUT2D eigenvalue weighted by molar-refractivity contribution is 8.23.